The molecule has 1 N–H and O–H groups in total. The molecule has 0 aromatic heterocycles. The van der Waals surface area contributed by atoms with Gasteiger partial charge in [-0.05, 0) is 0 Å². The van der Waals surface area contributed by atoms with Crippen LogP contribution in [0.1, 0.15) is 12.8 Å². The zero-order valence-electron chi connectivity index (χ0n) is 3.65. The summed E-state index contributed by atoms with van der Waals surface area (Å²) in [6.45, 7) is 0.440. The molecule has 0 bridgehead atoms. The van der Waals surface area contributed by atoms with E-state index in [-0.39, 0.29) is 0 Å². The van der Waals surface area contributed by atoms with Crippen LogP contribution in [0.3, 0.4) is 0 Å². The van der Waals surface area contributed by atoms with E-state index in [4.69, 9.17) is 5.11 Å². The molecule has 1 aliphatic carbocycles. The van der Waals surface area contributed by atoms with Gasteiger partial charge in [-0.15, -0.1) is 0 Å². The summed E-state index contributed by atoms with van der Waals surface area (Å²) in [6.07, 6.45) is 2.57. The minimum absolute atomic E-state index is 0.440. The van der Waals surface area contributed by atoms with Crippen LogP contribution < -0.4 is 0 Å². The third-order valence-corrected chi connectivity index (χ3v) is 3.38. The second kappa shape index (κ2) is 1.37. The van der Waals surface area contributed by atoms with E-state index in [2.05, 4.69) is 0 Å². The van der Waals surface area contributed by atoms with Crippen LogP contribution in [0.4, 0.5) is 0 Å². The fraction of sp³-hybridized carbons (Fsp3) is 1.00. The van der Waals surface area contributed by atoms with Gasteiger partial charge in [-0.1, -0.05) is 0 Å². The van der Waals surface area contributed by atoms with Crippen molar-refractivity contribution in [2.75, 3.05) is 6.61 Å². The molecular formula is C4H8OSn. The van der Waals surface area contributed by atoms with Gasteiger partial charge in [0.2, 0.25) is 0 Å². The molecule has 2 radical (unpaired) electrons. The molecule has 0 unspecified atom stereocenters. The van der Waals surface area contributed by atoms with Crippen molar-refractivity contribution in [3.63, 3.8) is 0 Å². The third kappa shape index (κ3) is 0.876. The van der Waals surface area contributed by atoms with Crippen LogP contribution in [0.5, 0.6) is 0 Å². The monoisotopic (exact) mass is 192 g/mol. The number of hydrogen-bond acceptors (Lipinski definition) is 1. The van der Waals surface area contributed by atoms with Gasteiger partial charge in [0.15, 0.2) is 0 Å². The van der Waals surface area contributed by atoms with Crippen molar-refractivity contribution < 1.29 is 5.11 Å². The predicted molar refractivity (Wildman–Crippen MR) is 26.2 cm³/mol. The molecule has 6 heavy (non-hydrogen) atoms. The second-order valence-electron chi connectivity index (χ2n) is 2.02. The van der Waals surface area contributed by atoms with Gasteiger partial charge in [0.05, 0.1) is 0 Å². The predicted octanol–water partition coefficient (Wildman–Crippen LogP) is -0.168. The summed E-state index contributed by atoms with van der Waals surface area (Å²) < 4.78 is 0.477. The van der Waals surface area contributed by atoms with Crippen LogP contribution in [0.25, 0.3) is 0 Å². The van der Waals surface area contributed by atoms with Gasteiger partial charge in [0.25, 0.3) is 0 Å². The summed E-state index contributed by atoms with van der Waals surface area (Å²) in [5, 5.41) is 8.50. The third-order valence-electron chi connectivity index (χ3n) is 1.21. The average molecular weight is 191 g/mol. The molecule has 0 heterocycles. The number of rotatable bonds is 1. The van der Waals surface area contributed by atoms with Crippen molar-refractivity contribution in [3.05, 3.63) is 0 Å². The van der Waals surface area contributed by atoms with Crippen LogP contribution in [0.2, 0.25) is 3.43 Å². The molecule has 0 atom stereocenters. The first-order valence-corrected chi connectivity index (χ1v) is 3.81. The summed E-state index contributed by atoms with van der Waals surface area (Å²) in [6, 6.07) is 0. The van der Waals surface area contributed by atoms with Gasteiger partial charge < -0.3 is 0 Å². The normalized spacial score (nSPS) is 27.0. The van der Waals surface area contributed by atoms with Gasteiger partial charge >= 0.3 is 50.5 Å². The SMILES string of the molecule is OC[C]1([SnH])CC1. The van der Waals surface area contributed by atoms with E-state index in [0.717, 1.165) is 0 Å². The number of aliphatic hydroxyl groups is 1. The summed E-state index contributed by atoms with van der Waals surface area (Å²) >= 11 is 1.25. The molecule has 34 valence electrons. The standard InChI is InChI=1S/C4H7O.Sn.H/c5-3-4-1-2-4;;/h5H,1-3H2;;. The van der Waals surface area contributed by atoms with E-state index in [1.807, 2.05) is 0 Å². The fourth-order valence-electron chi connectivity index (χ4n) is 0.319. The first-order valence-electron chi connectivity index (χ1n) is 2.17. The van der Waals surface area contributed by atoms with E-state index in [1.54, 1.807) is 0 Å². The van der Waals surface area contributed by atoms with Gasteiger partial charge in [0.1, 0.15) is 0 Å². The molecule has 2 heteroatoms. The Kier molecular flexibility index (Phi) is 1.12. The molecule has 0 aromatic rings. The molecular weight excluding hydrogens is 183 g/mol. The Morgan fingerprint density at radius 2 is 2.17 bits per heavy atom. The van der Waals surface area contributed by atoms with Gasteiger partial charge in [0, 0.05) is 0 Å². The zero-order valence-corrected chi connectivity index (χ0v) is 6.94. The molecule has 1 rings (SSSR count). The number of hydrogen-bond donors (Lipinski definition) is 1. The Bertz CT molecular complexity index is 58.6. The van der Waals surface area contributed by atoms with Crippen molar-refractivity contribution in [1.29, 1.82) is 0 Å². The topological polar surface area (TPSA) is 20.2 Å². The van der Waals surface area contributed by atoms with E-state index >= 15 is 0 Å². The molecule has 0 aliphatic heterocycles. The Morgan fingerprint density at radius 3 is 2.17 bits per heavy atom. The van der Waals surface area contributed by atoms with Crippen molar-refractivity contribution in [2.24, 2.45) is 0 Å². The number of aliphatic hydroxyl groups excluding tert-OH is 1. The quantitative estimate of drug-likeness (QED) is 0.570. The van der Waals surface area contributed by atoms with E-state index < -0.39 is 0 Å². The molecule has 1 nitrogen and oxygen atoms in total. The van der Waals surface area contributed by atoms with E-state index in [1.165, 1.54) is 35.4 Å². The molecule has 1 saturated carbocycles. The van der Waals surface area contributed by atoms with E-state index in [0.29, 0.717) is 10.0 Å². The van der Waals surface area contributed by atoms with Gasteiger partial charge in [-0.3, -0.25) is 0 Å². The molecule has 0 aromatic carbocycles. The fourth-order valence-corrected chi connectivity index (χ4v) is 0.731. The summed E-state index contributed by atoms with van der Waals surface area (Å²) in [7, 11) is 0. The van der Waals surface area contributed by atoms with Crippen molar-refractivity contribution in [2.45, 2.75) is 16.3 Å². The van der Waals surface area contributed by atoms with E-state index in [9.17, 15) is 0 Å². The van der Waals surface area contributed by atoms with Crippen LogP contribution in [-0.2, 0) is 0 Å². The van der Waals surface area contributed by atoms with Crippen LogP contribution in [0, 0.1) is 0 Å². The minimum atomic E-state index is 0.440. The van der Waals surface area contributed by atoms with Crippen LogP contribution in [-0.4, -0.2) is 34.2 Å². The van der Waals surface area contributed by atoms with Crippen molar-refractivity contribution in [3.8, 4) is 0 Å². The Balaban J connectivity index is 2.28. The van der Waals surface area contributed by atoms with Gasteiger partial charge in [-0.2, -0.15) is 0 Å². The Hall–Kier alpha value is 0.759. The van der Waals surface area contributed by atoms with Gasteiger partial charge in [-0.25, -0.2) is 0 Å². The molecule has 1 fully saturated rings. The molecule has 0 saturated heterocycles. The van der Waals surface area contributed by atoms with Crippen molar-refractivity contribution >= 4 is 22.5 Å². The summed E-state index contributed by atoms with van der Waals surface area (Å²) in [4.78, 5) is 0. The molecule has 1 aliphatic rings. The van der Waals surface area contributed by atoms with Crippen LogP contribution >= 0.6 is 0 Å². The summed E-state index contributed by atoms with van der Waals surface area (Å²) in [5.41, 5.74) is 0. The second-order valence-corrected chi connectivity index (χ2v) is 5.52. The average Bonchev–Trinajstić information content (AvgIpc) is 2.22. The zero-order chi connectivity index (χ0) is 4.62. The first kappa shape index (κ1) is 4.91. The maximum absolute atomic E-state index is 8.50. The molecule has 0 spiro atoms. The first-order chi connectivity index (χ1) is 2.77. The Labute approximate surface area is 50.8 Å². The Morgan fingerprint density at radius 1 is 1.67 bits per heavy atom. The maximum atomic E-state index is 8.50. The van der Waals surface area contributed by atoms with Crippen LogP contribution in [0.15, 0.2) is 0 Å². The molecule has 0 amide bonds. The summed E-state index contributed by atoms with van der Waals surface area (Å²) in [5.74, 6) is 0. The van der Waals surface area contributed by atoms with Crippen molar-refractivity contribution in [1.82, 2.24) is 0 Å².